The molecule has 0 unspecified atom stereocenters. The first-order valence-electron chi connectivity index (χ1n) is 17.8. The van der Waals surface area contributed by atoms with Gasteiger partial charge in [0.25, 0.3) is 0 Å². The van der Waals surface area contributed by atoms with Crippen molar-refractivity contribution in [2.75, 3.05) is 4.90 Å². The van der Waals surface area contributed by atoms with Crippen molar-refractivity contribution in [3.63, 3.8) is 0 Å². The molecule has 8 aromatic carbocycles. The quantitative estimate of drug-likeness (QED) is 0.164. The molecule has 0 spiro atoms. The van der Waals surface area contributed by atoms with Gasteiger partial charge in [0.2, 0.25) is 0 Å². The highest BCUT2D eigenvalue weighted by Gasteiger charge is 2.24. The molecule has 10 aromatic rings. The highest BCUT2D eigenvalue weighted by molar-refractivity contribution is 7.27. The first-order valence-corrected chi connectivity index (χ1v) is 19.4. The summed E-state index contributed by atoms with van der Waals surface area (Å²) < 4.78 is 3.68. The molecule has 0 bridgehead atoms. The van der Waals surface area contributed by atoms with Gasteiger partial charge in [-0.2, -0.15) is 0 Å². The SMILES string of the molecule is c1ccc(-c2ccc(-c3nc4c(N(c5ccc(-c6ccccc6)cc5)c5ccc(-c6ccccc6)cc5)c5sc6ccccc6c5cc4s3)cc2)cc1. The first-order chi connectivity index (χ1) is 26.3. The topological polar surface area (TPSA) is 16.1 Å². The van der Waals surface area contributed by atoms with Gasteiger partial charge < -0.3 is 4.90 Å². The molecule has 0 N–H and O–H groups in total. The van der Waals surface area contributed by atoms with Crippen LogP contribution in [0.5, 0.6) is 0 Å². The summed E-state index contributed by atoms with van der Waals surface area (Å²) in [5, 5.41) is 3.55. The Kier molecular flexibility index (Phi) is 7.90. The second-order valence-corrected chi connectivity index (χ2v) is 15.3. The molecule has 4 heteroatoms. The summed E-state index contributed by atoms with van der Waals surface area (Å²) in [6.07, 6.45) is 0. The largest absolute Gasteiger partial charge is 0.307 e. The Morgan fingerprint density at radius 3 is 1.32 bits per heavy atom. The molecule has 0 aliphatic heterocycles. The molecule has 0 radical (unpaired) electrons. The summed E-state index contributed by atoms with van der Waals surface area (Å²) in [7, 11) is 0. The number of thiophene rings is 1. The lowest BCUT2D eigenvalue weighted by atomic mass is 10.0. The molecule has 53 heavy (non-hydrogen) atoms. The van der Waals surface area contributed by atoms with E-state index in [9.17, 15) is 0 Å². The monoisotopic (exact) mass is 712 g/mol. The molecule has 0 fully saturated rings. The molecule has 0 aliphatic rings. The van der Waals surface area contributed by atoms with Crippen molar-refractivity contribution in [3.8, 4) is 44.0 Å². The smallest absolute Gasteiger partial charge is 0.124 e. The fraction of sp³-hybridized carbons (Fsp3) is 0. The number of hydrogen-bond donors (Lipinski definition) is 0. The Balaban J connectivity index is 1.19. The molecular weight excluding hydrogens is 681 g/mol. The van der Waals surface area contributed by atoms with Gasteiger partial charge in [-0.3, -0.25) is 0 Å². The zero-order chi connectivity index (χ0) is 35.1. The van der Waals surface area contributed by atoms with Crippen molar-refractivity contribution in [3.05, 3.63) is 194 Å². The Hall–Kier alpha value is -6.33. The van der Waals surface area contributed by atoms with Crippen molar-refractivity contribution in [2.45, 2.75) is 0 Å². The van der Waals surface area contributed by atoms with Crippen molar-refractivity contribution in [1.29, 1.82) is 0 Å². The number of benzene rings is 8. The van der Waals surface area contributed by atoms with Gasteiger partial charge in [0.05, 0.1) is 15.1 Å². The average Bonchev–Trinajstić information content (AvgIpc) is 3.84. The number of anilines is 3. The third kappa shape index (κ3) is 5.79. The summed E-state index contributed by atoms with van der Waals surface area (Å²) in [5.41, 5.74) is 12.6. The average molecular weight is 713 g/mol. The van der Waals surface area contributed by atoms with Crippen molar-refractivity contribution in [2.24, 2.45) is 0 Å². The molecule has 0 amide bonds. The van der Waals surface area contributed by atoms with E-state index in [0.29, 0.717) is 0 Å². The van der Waals surface area contributed by atoms with Crippen LogP contribution in [0.4, 0.5) is 17.1 Å². The lowest BCUT2D eigenvalue weighted by Crippen LogP contribution is -2.11. The standard InChI is InChI=1S/C49H32N2S2/c1-4-12-33(13-5-1)36-20-22-39(23-21-36)49-50-46-45(53-49)32-43-42-18-10-11-19-44(42)52-48(43)47(46)51(40-28-24-37(25-29-40)34-14-6-2-7-15-34)41-30-26-38(27-31-41)35-16-8-3-9-17-35/h1-32H. The number of rotatable bonds is 7. The number of aromatic nitrogens is 1. The van der Waals surface area contributed by atoms with E-state index in [4.69, 9.17) is 4.98 Å². The van der Waals surface area contributed by atoms with E-state index in [1.54, 1.807) is 11.3 Å². The fourth-order valence-electron chi connectivity index (χ4n) is 7.26. The van der Waals surface area contributed by atoms with Crippen molar-refractivity contribution in [1.82, 2.24) is 4.98 Å². The van der Waals surface area contributed by atoms with E-state index in [2.05, 4.69) is 199 Å². The predicted molar refractivity (Wildman–Crippen MR) is 229 cm³/mol. The lowest BCUT2D eigenvalue weighted by molar-refractivity contribution is 1.30. The minimum absolute atomic E-state index is 1.01. The minimum atomic E-state index is 1.01. The first kappa shape index (κ1) is 31.4. The van der Waals surface area contributed by atoms with Gasteiger partial charge >= 0.3 is 0 Å². The molecule has 0 aliphatic carbocycles. The molecule has 10 rings (SSSR count). The zero-order valence-electron chi connectivity index (χ0n) is 28.7. The number of nitrogens with zero attached hydrogens (tertiary/aromatic N) is 2. The predicted octanol–water partition coefficient (Wildman–Crippen LogP) is 14.8. The highest BCUT2D eigenvalue weighted by Crippen LogP contribution is 2.50. The maximum Gasteiger partial charge on any atom is 0.124 e. The number of fused-ring (bicyclic) bond motifs is 4. The summed E-state index contributed by atoms with van der Waals surface area (Å²) in [5.74, 6) is 0. The van der Waals surface area contributed by atoms with E-state index >= 15 is 0 Å². The molecular formula is C49H32N2S2. The van der Waals surface area contributed by atoms with Gasteiger partial charge in [0, 0.05) is 32.4 Å². The second kappa shape index (κ2) is 13.3. The van der Waals surface area contributed by atoms with Gasteiger partial charge in [0.15, 0.2) is 0 Å². The van der Waals surface area contributed by atoms with Gasteiger partial charge in [-0.15, -0.1) is 22.7 Å². The van der Waals surface area contributed by atoms with E-state index in [0.717, 1.165) is 33.1 Å². The summed E-state index contributed by atoms with van der Waals surface area (Å²) in [4.78, 5) is 7.91. The van der Waals surface area contributed by atoms with Crippen LogP contribution in [0.25, 0.3) is 74.3 Å². The molecule has 0 atom stereocenters. The summed E-state index contributed by atoms with van der Waals surface area (Å²) >= 11 is 3.62. The third-order valence-corrected chi connectivity index (χ3v) is 12.2. The maximum atomic E-state index is 5.49. The molecule has 250 valence electrons. The van der Waals surface area contributed by atoms with Gasteiger partial charge in [-0.25, -0.2) is 4.98 Å². The van der Waals surface area contributed by atoms with E-state index in [-0.39, 0.29) is 0 Å². The lowest BCUT2D eigenvalue weighted by Gasteiger charge is -2.27. The van der Waals surface area contributed by atoms with Crippen molar-refractivity contribution >= 4 is 70.1 Å². The van der Waals surface area contributed by atoms with Gasteiger partial charge in [-0.05, 0) is 69.8 Å². The highest BCUT2D eigenvalue weighted by atomic mass is 32.1. The van der Waals surface area contributed by atoms with Crippen LogP contribution >= 0.6 is 22.7 Å². The van der Waals surface area contributed by atoms with Gasteiger partial charge in [-0.1, -0.05) is 158 Å². The molecule has 2 aromatic heterocycles. The Morgan fingerprint density at radius 1 is 0.358 bits per heavy atom. The Labute approximate surface area is 316 Å². The van der Waals surface area contributed by atoms with Crippen LogP contribution in [0, 0.1) is 0 Å². The minimum Gasteiger partial charge on any atom is -0.307 e. The van der Waals surface area contributed by atoms with E-state index < -0.39 is 0 Å². The van der Waals surface area contributed by atoms with Crippen LogP contribution in [-0.4, -0.2) is 4.98 Å². The zero-order valence-corrected chi connectivity index (χ0v) is 30.3. The molecule has 2 heterocycles. The number of hydrogen-bond acceptors (Lipinski definition) is 4. The second-order valence-electron chi connectivity index (χ2n) is 13.2. The summed E-state index contributed by atoms with van der Waals surface area (Å²) in [6.45, 7) is 0. The van der Waals surface area contributed by atoms with E-state index in [1.807, 2.05) is 11.3 Å². The summed E-state index contributed by atoms with van der Waals surface area (Å²) in [6, 6.07) is 69.6. The molecule has 0 saturated carbocycles. The molecule has 2 nitrogen and oxygen atoms in total. The molecule has 0 saturated heterocycles. The van der Waals surface area contributed by atoms with Crippen LogP contribution in [0.2, 0.25) is 0 Å². The maximum absolute atomic E-state index is 5.49. The van der Waals surface area contributed by atoms with Crippen LogP contribution in [0.15, 0.2) is 194 Å². The van der Waals surface area contributed by atoms with Crippen LogP contribution < -0.4 is 4.90 Å². The van der Waals surface area contributed by atoms with E-state index in [1.165, 1.54) is 58.3 Å². The van der Waals surface area contributed by atoms with Crippen molar-refractivity contribution < 1.29 is 0 Å². The normalized spacial score (nSPS) is 11.4. The number of thiazole rings is 1. The fourth-order valence-corrected chi connectivity index (χ4v) is 9.50. The van der Waals surface area contributed by atoms with Gasteiger partial charge in [0.1, 0.15) is 10.5 Å². The van der Waals surface area contributed by atoms with Crippen LogP contribution in [0.1, 0.15) is 0 Å². The Bertz CT molecular complexity index is 2760. The van der Waals surface area contributed by atoms with Crippen LogP contribution in [0.3, 0.4) is 0 Å². The van der Waals surface area contributed by atoms with Crippen LogP contribution in [-0.2, 0) is 0 Å². The third-order valence-electron chi connectivity index (χ3n) is 9.93. The Morgan fingerprint density at radius 2 is 0.792 bits per heavy atom.